The normalized spacial score (nSPS) is 15.6. The van der Waals surface area contributed by atoms with Gasteiger partial charge in [0.25, 0.3) is 0 Å². The Morgan fingerprint density at radius 3 is 2.53 bits per heavy atom. The van der Waals surface area contributed by atoms with Crippen LogP contribution in [0.5, 0.6) is 0 Å². The van der Waals surface area contributed by atoms with Crippen LogP contribution in [0.3, 0.4) is 0 Å². The summed E-state index contributed by atoms with van der Waals surface area (Å²) in [7, 11) is 1.56. The summed E-state index contributed by atoms with van der Waals surface area (Å²) in [6.45, 7) is 0. The van der Waals surface area contributed by atoms with Gasteiger partial charge in [0.15, 0.2) is 0 Å². The van der Waals surface area contributed by atoms with Gasteiger partial charge in [-0.2, -0.15) is 18.3 Å². The summed E-state index contributed by atoms with van der Waals surface area (Å²) in [6.07, 6.45) is -4.41. The number of aliphatic carboxylic acids is 1. The number of hydrogen-bond donors (Lipinski definition) is 2. The van der Waals surface area contributed by atoms with Gasteiger partial charge in [0.1, 0.15) is 0 Å². The molecule has 1 rings (SSSR count). The fourth-order valence-electron chi connectivity index (χ4n) is 1.34. The molecule has 0 saturated carbocycles. The Morgan fingerprint density at radius 1 is 1.59 bits per heavy atom. The molecule has 1 atom stereocenters. The Bertz CT molecular complexity index is 416. The van der Waals surface area contributed by atoms with Crippen LogP contribution in [0.4, 0.5) is 13.2 Å². The van der Waals surface area contributed by atoms with E-state index < -0.39 is 24.1 Å². The van der Waals surface area contributed by atoms with E-state index >= 15 is 0 Å². The lowest BCUT2D eigenvalue weighted by atomic mass is 9.93. The molecule has 0 aliphatic heterocycles. The summed E-state index contributed by atoms with van der Waals surface area (Å²) < 4.78 is 39.0. The van der Waals surface area contributed by atoms with E-state index in [1.807, 2.05) is 0 Å². The quantitative estimate of drug-likeness (QED) is 0.825. The number of aryl methyl sites for hydroxylation is 2. The smallest absolute Gasteiger partial charge is 0.417 e. The third-order valence-electron chi connectivity index (χ3n) is 2.59. The maximum absolute atomic E-state index is 12.6. The highest BCUT2D eigenvalue weighted by Crippen LogP contribution is 2.32. The maximum atomic E-state index is 12.6. The van der Waals surface area contributed by atoms with Crippen LogP contribution in [0.25, 0.3) is 0 Å². The van der Waals surface area contributed by atoms with Gasteiger partial charge in [0, 0.05) is 18.9 Å². The van der Waals surface area contributed by atoms with E-state index in [-0.39, 0.29) is 6.42 Å². The van der Waals surface area contributed by atoms with Crippen molar-refractivity contribution in [2.24, 2.45) is 12.8 Å². The molecule has 0 aliphatic carbocycles. The summed E-state index contributed by atoms with van der Waals surface area (Å²) in [4.78, 5) is 10.6. The van der Waals surface area contributed by atoms with Crippen molar-refractivity contribution < 1.29 is 23.1 Å². The molecule has 0 amide bonds. The Balaban J connectivity index is 2.83. The molecule has 0 aliphatic rings. The SMILES string of the molecule is Cn1nccc1CCC(N)(C(=O)O)C(F)(F)F. The molecule has 0 fully saturated rings. The molecular weight excluding hydrogens is 239 g/mol. The number of nitrogens with zero attached hydrogens (tertiary/aromatic N) is 2. The number of rotatable bonds is 4. The predicted molar refractivity (Wildman–Crippen MR) is 52.1 cm³/mol. The number of carboxylic acid groups (broad SMARTS) is 1. The van der Waals surface area contributed by atoms with Gasteiger partial charge in [-0.1, -0.05) is 0 Å². The number of aromatic nitrogens is 2. The first-order valence-corrected chi connectivity index (χ1v) is 4.74. The van der Waals surface area contributed by atoms with E-state index in [2.05, 4.69) is 5.10 Å². The van der Waals surface area contributed by atoms with E-state index in [4.69, 9.17) is 10.8 Å². The van der Waals surface area contributed by atoms with Gasteiger partial charge in [0.2, 0.25) is 5.54 Å². The molecule has 0 radical (unpaired) electrons. The molecule has 0 saturated heterocycles. The van der Waals surface area contributed by atoms with Crippen LogP contribution in [0.2, 0.25) is 0 Å². The zero-order chi connectivity index (χ0) is 13.3. The minimum atomic E-state index is -4.99. The van der Waals surface area contributed by atoms with Crippen molar-refractivity contribution in [1.82, 2.24) is 9.78 Å². The van der Waals surface area contributed by atoms with E-state index in [0.717, 1.165) is 0 Å². The number of carboxylic acids is 1. The maximum Gasteiger partial charge on any atom is 0.417 e. The first-order chi connectivity index (χ1) is 7.68. The Morgan fingerprint density at radius 2 is 2.18 bits per heavy atom. The Hall–Kier alpha value is -1.57. The lowest BCUT2D eigenvalue weighted by molar-refractivity contribution is -0.203. The minimum absolute atomic E-state index is 0.112. The second kappa shape index (κ2) is 4.36. The topological polar surface area (TPSA) is 81.1 Å². The number of nitrogens with two attached hydrogens (primary N) is 1. The zero-order valence-corrected chi connectivity index (χ0v) is 9.03. The first kappa shape index (κ1) is 13.5. The fraction of sp³-hybridized carbons (Fsp3) is 0.556. The van der Waals surface area contributed by atoms with Crippen LogP contribution in [0.1, 0.15) is 12.1 Å². The number of carbonyl (C=O) groups is 1. The van der Waals surface area contributed by atoms with Crippen molar-refractivity contribution >= 4 is 5.97 Å². The van der Waals surface area contributed by atoms with Crippen LogP contribution in [0.15, 0.2) is 12.3 Å². The second-order valence-corrected chi connectivity index (χ2v) is 3.72. The van der Waals surface area contributed by atoms with Gasteiger partial charge in [-0.25, -0.2) is 4.79 Å². The van der Waals surface area contributed by atoms with Crippen LogP contribution < -0.4 is 5.73 Å². The van der Waals surface area contributed by atoms with Gasteiger partial charge in [-0.05, 0) is 18.9 Å². The van der Waals surface area contributed by atoms with Gasteiger partial charge in [0.05, 0.1) is 0 Å². The summed E-state index contributed by atoms with van der Waals surface area (Å²) >= 11 is 0. The molecule has 17 heavy (non-hydrogen) atoms. The molecule has 1 aromatic rings. The van der Waals surface area contributed by atoms with E-state index in [9.17, 15) is 18.0 Å². The third kappa shape index (κ3) is 2.57. The summed E-state index contributed by atoms with van der Waals surface area (Å²) in [5.41, 5.74) is 2.20. The molecule has 8 heteroatoms. The molecule has 1 aromatic heterocycles. The van der Waals surface area contributed by atoms with Gasteiger partial charge in [-0.3, -0.25) is 4.68 Å². The molecule has 96 valence electrons. The minimum Gasteiger partial charge on any atom is -0.480 e. The summed E-state index contributed by atoms with van der Waals surface area (Å²) in [5, 5.41) is 12.4. The zero-order valence-electron chi connectivity index (χ0n) is 9.03. The van der Waals surface area contributed by atoms with Crippen molar-refractivity contribution in [2.45, 2.75) is 24.6 Å². The van der Waals surface area contributed by atoms with Crippen molar-refractivity contribution in [2.75, 3.05) is 0 Å². The fourth-order valence-corrected chi connectivity index (χ4v) is 1.34. The lowest BCUT2D eigenvalue weighted by Crippen LogP contribution is -2.59. The predicted octanol–water partition coefficient (Wildman–Crippen LogP) is 0.697. The number of hydrogen-bond acceptors (Lipinski definition) is 3. The van der Waals surface area contributed by atoms with Gasteiger partial charge < -0.3 is 10.8 Å². The van der Waals surface area contributed by atoms with Crippen molar-refractivity contribution in [3.8, 4) is 0 Å². The van der Waals surface area contributed by atoms with Crippen molar-refractivity contribution in [1.29, 1.82) is 0 Å². The Kier molecular flexibility index (Phi) is 3.46. The molecular formula is C9H12F3N3O2. The third-order valence-corrected chi connectivity index (χ3v) is 2.59. The van der Waals surface area contributed by atoms with Crippen LogP contribution in [-0.4, -0.2) is 32.6 Å². The first-order valence-electron chi connectivity index (χ1n) is 4.74. The van der Waals surface area contributed by atoms with Crippen molar-refractivity contribution in [3.05, 3.63) is 18.0 Å². The highest BCUT2D eigenvalue weighted by molar-refractivity contribution is 5.79. The Labute approximate surface area is 95.0 Å². The van der Waals surface area contributed by atoms with E-state index in [0.29, 0.717) is 5.69 Å². The lowest BCUT2D eigenvalue weighted by Gasteiger charge is -2.27. The van der Waals surface area contributed by atoms with E-state index in [1.165, 1.54) is 16.9 Å². The van der Waals surface area contributed by atoms with Crippen molar-refractivity contribution in [3.63, 3.8) is 0 Å². The highest BCUT2D eigenvalue weighted by Gasteiger charge is 2.57. The molecule has 5 nitrogen and oxygen atoms in total. The van der Waals surface area contributed by atoms with Crippen LogP contribution in [0, 0.1) is 0 Å². The highest BCUT2D eigenvalue weighted by atomic mass is 19.4. The molecule has 0 spiro atoms. The average Bonchev–Trinajstić information content (AvgIpc) is 2.58. The number of alkyl halides is 3. The standard InChI is InChI=1S/C9H12F3N3O2/c1-15-6(3-5-14-15)2-4-8(13,7(16)17)9(10,11)12/h3,5H,2,4,13H2,1H3,(H,16,17). The van der Waals surface area contributed by atoms with Crippen LogP contribution in [-0.2, 0) is 18.3 Å². The molecule has 0 bridgehead atoms. The summed E-state index contributed by atoms with van der Waals surface area (Å²) in [6, 6.07) is 1.51. The van der Waals surface area contributed by atoms with Crippen LogP contribution >= 0.6 is 0 Å². The largest absolute Gasteiger partial charge is 0.480 e. The molecule has 3 N–H and O–H groups in total. The van der Waals surface area contributed by atoms with Gasteiger partial charge in [-0.15, -0.1) is 0 Å². The van der Waals surface area contributed by atoms with Gasteiger partial charge >= 0.3 is 12.1 Å². The number of halogens is 3. The molecule has 1 heterocycles. The average molecular weight is 251 g/mol. The molecule has 0 aromatic carbocycles. The molecule has 1 unspecified atom stereocenters. The monoisotopic (exact) mass is 251 g/mol. The second-order valence-electron chi connectivity index (χ2n) is 3.72. The van der Waals surface area contributed by atoms with E-state index in [1.54, 1.807) is 7.05 Å². The summed E-state index contributed by atoms with van der Waals surface area (Å²) in [5.74, 6) is -2.08.